The molecule has 3 atom stereocenters. The average Bonchev–Trinajstić information content (AvgIpc) is 2.82. The van der Waals surface area contributed by atoms with E-state index in [-0.39, 0.29) is 12.5 Å². The zero-order valence-corrected chi connectivity index (χ0v) is 11.7. The Morgan fingerprint density at radius 2 is 2.11 bits per heavy atom. The Hall–Kier alpha value is -0.910. The molecule has 6 heteroatoms. The minimum atomic E-state index is -0.722. The Bertz CT molecular complexity index is 350. The second-order valence-electron chi connectivity index (χ2n) is 5.07. The van der Waals surface area contributed by atoms with Crippen LogP contribution in [-0.2, 0) is 4.79 Å². The Balaban J connectivity index is 1.84. The molecule has 2 aliphatic rings. The first kappa shape index (κ1) is 13.5. The Kier molecular flexibility index (Phi) is 4.04. The van der Waals surface area contributed by atoms with Gasteiger partial charge in [0, 0.05) is 31.5 Å². The van der Waals surface area contributed by atoms with Crippen LogP contribution in [0.25, 0.3) is 0 Å². The summed E-state index contributed by atoms with van der Waals surface area (Å²) in [6.07, 6.45) is 2.92. The summed E-state index contributed by atoms with van der Waals surface area (Å²) in [6, 6.07) is 0.745. The van der Waals surface area contributed by atoms with Gasteiger partial charge in [-0.1, -0.05) is 6.42 Å². The van der Waals surface area contributed by atoms with Gasteiger partial charge in [0.05, 0.1) is 12.1 Å². The fourth-order valence-corrected chi connectivity index (χ4v) is 4.67. The second kappa shape index (κ2) is 5.38. The normalized spacial score (nSPS) is 31.0. The van der Waals surface area contributed by atoms with Crippen molar-refractivity contribution in [2.24, 2.45) is 0 Å². The summed E-state index contributed by atoms with van der Waals surface area (Å²) in [5.41, 5.74) is 0. The Morgan fingerprint density at radius 3 is 2.78 bits per heavy atom. The van der Waals surface area contributed by atoms with Crippen molar-refractivity contribution in [3.63, 3.8) is 0 Å². The lowest BCUT2D eigenvalue weighted by Crippen LogP contribution is -2.38. The highest BCUT2D eigenvalue weighted by Crippen LogP contribution is 2.40. The predicted molar refractivity (Wildman–Crippen MR) is 70.8 cm³/mol. The smallest absolute Gasteiger partial charge is 0.320 e. The molecule has 0 aliphatic carbocycles. The number of hydrogen-bond donors (Lipinski definition) is 1. The van der Waals surface area contributed by atoms with E-state index in [1.807, 2.05) is 35.7 Å². The van der Waals surface area contributed by atoms with Gasteiger partial charge < -0.3 is 14.9 Å². The maximum absolute atomic E-state index is 11.8. The van der Waals surface area contributed by atoms with Gasteiger partial charge in [0.25, 0.3) is 0 Å². The van der Waals surface area contributed by atoms with Gasteiger partial charge >= 0.3 is 12.0 Å². The first-order chi connectivity index (χ1) is 8.52. The molecular formula is C12H20N2O3S. The average molecular weight is 272 g/mol. The topological polar surface area (TPSA) is 60.9 Å². The van der Waals surface area contributed by atoms with Crippen LogP contribution in [0.15, 0.2) is 0 Å². The number of thioether (sulfide) groups is 1. The zero-order chi connectivity index (χ0) is 13.3. The van der Waals surface area contributed by atoms with E-state index in [0.717, 1.165) is 25.0 Å². The minimum Gasteiger partial charge on any atom is -0.481 e. The summed E-state index contributed by atoms with van der Waals surface area (Å²) in [6.45, 7) is 0. The molecule has 102 valence electrons. The van der Waals surface area contributed by atoms with Crippen LogP contribution in [0.3, 0.4) is 0 Å². The number of unbranched alkanes of at least 4 members (excludes halogenated alkanes) is 1. The van der Waals surface area contributed by atoms with Crippen molar-refractivity contribution in [2.75, 3.05) is 19.8 Å². The van der Waals surface area contributed by atoms with E-state index in [0.29, 0.717) is 17.3 Å². The molecular weight excluding hydrogens is 252 g/mol. The van der Waals surface area contributed by atoms with Crippen molar-refractivity contribution in [1.82, 2.24) is 9.80 Å². The minimum absolute atomic E-state index is 0.112. The van der Waals surface area contributed by atoms with Crippen LogP contribution in [0, 0.1) is 0 Å². The SMILES string of the molecule is CN1C(=O)N(C)[C@H]2CS[C@@H](CCCCC(=O)O)[C@H]21. The Labute approximate surface area is 112 Å². The molecule has 5 nitrogen and oxygen atoms in total. The van der Waals surface area contributed by atoms with Crippen molar-refractivity contribution >= 4 is 23.8 Å². The number of carboxylic acid groups (broad SMARTS) is 1. The summed E-state index contributed by atoms with van der Waals surface area (Å²) in [7, 11) is 3.75. The Morgan fingerprint density at radius 1 is 1.39 bits per heavy atom. The van der Waals surface area contributed by atoms with E-state index in [9.17, 15) is 9.59 Å². The molecule has 0 aromatic rings. The van der Waals surface area contributed by atoms with E-state index in [4.69, 9.17) is 5.11 Å². The van der Waals surface area contributed by atoms with E-state index >= 15 is 0 Å². The van der Waals surface area contributed by atoms with E-state index in [1.54, 1.807) is 0 Å². The quantitative estimate of drug-likeness (QED) is 0.608. The van der Waals surface area contributed by atoms with Crippen LogP contribution in [-0.4, -0.2) is 64.1 Å². The molecule has 2 fully saturated rings. The number of amides is 2. The maximum Gasteiger partial charge on any atom is 0.320 e. The molecule has 0 unspecified atom stereocenters. The number of carboxylic acids is 1. The number of fused-ring (bicyclic) bond motifs is 1. The van der Waals surface area contributed by atoms with Gasteiger partial charge in [0.15, 0.2) is 0 Å². The lowest BCUT2D eigenvalue weighted by Gasteiger charge is -2.23. The second-order valence-corrected chi connectivity index (χ2v) is 6.35. The highest BCUT2D eigenvalue weighted by atomic mass is 32.2. The van der Waals surface area contributed by atoms with Crippen molar-refractivity contribution in [3.05, 3.63) is 0 Å². The summed E-state index contributed by atoms with van der Waals surface area (Å²) in [4.78, 5) is 26.0. The van der Waals surface area contributed by atoms with E-state index in [1.165, 1.54) is 0 Å². The molecule has 2 rings (SSSR count). The van der Waals surface area contributed by atoms with Crippen molar-refractivity contribution in [2.45, 2.75) is 43.0 Å². The number of carbonyl (C=O) groups is 2. The molecule has 0 aromatic heterocycles. The highest BCUT2D eigenvalue weighted by Gasteiger charge is 2.49. The molecule has 0 saturated carbocycles. The third-order valence-electron chi connectivity index (χ3n) is 3.93. The van der Waals surface area contributed by atoms with Crippen molar-refractivity contribution in [1.29, 1.82) is 0 Å². The molecule has 0 aromatic carbocycles. The largest absolute Gasteiger partial charge is 0.481 e. The number of urea groups is 1. The van der Waals surface area contributed by atoms with Crippen LogP contribution in [0.2, 0.25) is 0 Å². The van der Waals surface area contributed by atoms with Crippen molar-refractivity contribution in [3.8, 4) is 0 Å². The van der Waals surface area contributed by atoms with Gasteiger partial charge in [-0.3, -0.25) is 4.79 Å². The zero-order valence-electron chi connectivity index (χ0n) is 10.8. The summed E-state index contributed by atoms with van der Waals surface area (Å²) < 4.78 is 0. The molecule has 0 radical (unpaired) electrons. The van der Waals surface area contributed by atoms with Gasteiger partial charge in [-0.25, -0.2) is 4.79 Å². The monoisotopic (exact) mass is 272 g/mol. The number of aliphatic carboxylic acids is 1. The number of hydrogen-bond acceptors (Lipinski definition) is 3. The van der Waals surface area contributed by atoms with Crippen LogP contribution >= 0.6 is 11.8 Å². The highest BCUT2D eigenvalue weighted by molar-refractivity contribution is 8.00. The number of nitrogens with zero attached hydrogens (tertiary/aromatic N) is 2. The van der Waals surface area contributed by atoms with E-state index in [2.05, 4.69) is 0 Å². The van der Waals surface area contributed by atoms with Crippen LogP contribution < -0.4 is 0 Å². The fraction of sp³-hybridized carbons (Fsp3) is 0.833. The summed E-state index contributed by atoms with van der Waals surface area (Å²) >= 11 is 1.92. The molecule has 2 amide bonds. The van der Waals surface area contributed by atoms with Gasteiger partial charge in [-0.15, -0.1) is 0 Å². The summed E-state index contributed by atoms with van der Waals surface area (Å²) in [5.74, 6) is 0.278. The first-order valence-corrected chi connectivity index (χ1v) is 7.40. The third-order valence-corrected chi connectivity index (χ3v) is 5.41. The van der Waals surface area contributed by atoms with Crippen LogP contribution in [0.1, 0.15) is 25.7 Å². The third kappa shape index (κ3) is 2.43. The van der Waals surface area contributed by atoms with Crippen LogP contribution in [0.4, 0.5) is 4.79 Å². The molecule has 0 bridgehead atoms. The predicted octanol–water partition coefficient (Wildman–Crippen LogP) is 1.48. The van der Waals surface area contributed by atoms with E-state index < -0.39 is 5.97 Å². The number of carbonyl (C=O) groups excluding carboxylic acids is 1. The fourth-order valence-electron chi connectivity index (χ4n) is 2.91. The molecule has 18 heavy (non-hydrogen) atoms. The molecule has 2 aliphatic heterocycles. The van der Waals surface area contributed by atoms with Gasteiger partial charge in [-0.2, -0.15) is 11.8 Å². The molecule has 2 saturated heterocycles. The molecule has 1 N–H and O–H groups in total. The van der Waals surface area contributed by atoms with Crippen LogP contribution in [0.5, 0.6) is 0 Å². The number of likely N-dealkylation sites (N-methyl/N-ethyl adjacent to an activating group) is 2. The van der Waals surface area contributed by atoms with Gasteiger partial charge in [0.2, 0.25) is 0 Å². The maximum atomic E-state index is 11.8. The summed E-state index contributed by atoms with van der Waals surface area (Å²) in [5, 5.41) is 9.06. The van der Waals surface area contributed by atoms with Gasteiger partial charge in [-0.05, 0) is 12.8 Å². The number of rotatable bonds is 5. The lowest BCUT2D eigenvalue weighted by atomic mass is 10.0. The first-order valence-electron chi connectivity index (χ1n) is 6.35. The van der Waals surface area contributed by atoms with Crippen molar-refractivity contribution < 1.29 is 14.7 Å². The standard InChI is InChI=1S/C12H20N2O3S/c1-13-8-7-18-9(5-3-4-6-10(15)16)11(8)14(2)12(13)17/h8-9,11H,3-7H2,1-2H3,(H,15,16)/t8-,9-,11-/m0/s1. The van der Waals surface area contributed by atoms with Gasteiger partial charge in [0.1, 0.15) is 0 Å². The molecule has 0 spiro atoms. The lowest BCUT2D eigenvalue weighted by molar-refractivity contribution is -0.137. The molecule has 2 heterocycles.